The number of hydrogen-bond donors (Lipinski definition) is 1. The first-order chi connectivity index (χ1) is 6.25. The highest BCUT2D eigenvalue weighted by atomic mass is 79.9. The van der Waals surface area contributed by atoms with Crippen LogP contribution in [0.3, 0.4) is 0 Å². The fourth-order valence-electron chi connectivity index (χ4n) is 1.16. The first-order valence-electron chi connectivity index (χ1n) is 3.92. The van der Waals surface area contributed by atoms with Gasteiger partial charge in [-0.25, -0.2) is 9.55 Å². The quantitative estimate of drug-likeness (QED) is 0.624. The molecule has 0 spiro atoms. The lowest BCUT2D eigenvalue weighted by Gasteiger charge is -1.92. The van der Waals surface area contributed by atoms with Crippen molar-refractivity contribution in [2.75, 3.05) is 5.73 Å². The third-order valence-electron chi connectivity index (χ3n) is 1.76. The van der Waals surface area contributed by atoms with E-state index in [2.05, 4.69) is 4.98 Å². The van der Waals surface area contributed by atoms with Crippen molar-refractivity contribution in [3.05, 3.63) is 29.9 Å². The van der Waals surface area contributed by atoms with Crippen molar-refractivity contribution in [2.24, 2.45) is 7.05 Å². The Morgan fingerprint density at radius 3 is 2.86 bits per heavy atom. The van der Waals surface area contributed by atoms with E-state index in [1.807, 2.05) is 41.5 Å². The van der Waals surface area contributed by atoms with Gasteiger partial charge in [0, 0.05) is 11.4 Å². The van der Waals surface area contributed by atoms with Crippen LogP contribution in [-0.2, 0) is 7.05 Å². The third-order valence-corrected chi connectivity index (χ3v) is 2.43. The lowest BCUT2D eigenvalue weighted by Crippen LogP contribution is -3.00. The van der Waals surface area contributed by atoms with Crippen LogP contribution in [-0.4, -0.2) is 4.98 Å². The van der Waals surface area contributed by atoms with Crippen LogP contribution in [0.2, 0.25) is 0 Å². The number of rotatable bonds is 1. The van der Waals surface area contributed by atoms with E-state index in [1.54, 1.807) is 0 Å². The smallest absolute Gasteiger partial charge is 0.180 e. The topological polar surface area (TPSA) is 42.8 Å². The van der Waals surface area contributed by atoms with Crippen molar-refractivity contribution in [1.82, 2.24) is 4.98 Å². The van der Waals surface area contributed by atoms with Crippen LogP contribution >= 0.6 is 11.3 Å². The van der Waals surface area contributed by atoms with Gasteiger partial charge in [0.2, 0.25) is 0 Å². The molecule has 0 aliphatic carbocycles. The summed E-state index contributed by atoms with van der Waals surface area (Å²) in [5.74, 6) is 0. The van der Waals surface area contributed by atoms with Crippen LogP contribution in [0, 0.1) is 0 Å². The molecule has 0 atom stereocenters. The van der Waals surface area contributed by atoms with Gasteiger partial charge in [0.05, 0.1) is 11.3 Å². The Balaban J connectivity index is 0.000000980. The van der Waals surface area contributed by atoms with Crippen molar-refractivity contribution in [2.45, 2.75) is 0 Å². The van der Waals surface area contributed by atoms with Gasteiger partial charge < -0.3 is 22.7 Å². The van der Waals surface area contributed by atoms with Gasteiger partial charge in [-0.2, -0.15) is 0 Å². The molecule has 3 nitrogen and oxygen atoms in total. The summed E-state index contributed by atoms with van der Waals surface area (Å²) < 4.78 is 1.99. The van der Waals surface area contributed by atoms with Crippen molar-refractivity contribution in [3.8, 4) is 11.3 Å². The van der Waals surface area contributed by atoms with Crippen molar-refractivity contribution >= 4 is 16.5 Å². The molecule has 2 rings (SSSR count). The van der Waals surface area contributed by atoms with E-state index in [-0.39, 0.29) is 17.0 Å². The minimum atomic E-state index is 0. The van der Waals surface area contributed by atoms with E-state index in [4.69, 9.17) is 5.73 Å². The second kappa shape index (κ2) is 4.52. The summed E-state index contributed by atoms with van der Waals surface area (Å²) in [5, 5.41) is 2.58. The normalized spacial score (nSPS) is 9.50. The summed E-state index contributed by atoms with van der Waals surface area (Å²) in [6.07, 6.45) is 4.01. The maximum absolute atomic E-state index is 5.55. The lowest BCUT2D eigenvalue weighted by molar-refractivity contribution is -0.671. The van der Waals surface area contributed by atoms with Gasteiger partial charge in [-0.1, -0.05) is 0 Å². The molecule has 0 aliphatic rings. The Kier molecular flexibility index (Phi) is 3.60. The largest absolute Gasteiger partial charge is 1.00 e. The zero-order chi connectivity index (χ0) is 9.26. The van der Waals surface area contributed by atoms with Crippen LogP contribution in [0.5, 0.6) is 0 Å². The average Bonchev–Trinajstić information content (AvgIpc) is 2.52. The zero-order valence-corrected chi connectivity index (χ0v) is 10.0. The van der Waals surface area contributed by atoms with E-state index in [0.717, 1.165) is 11.3 Å². The average molecular weight is 272 g/mol. The monoisotopic (exact) mass is 271 g/mol. The van der Waals surface area contributed by atoms with E-state index < -0.39 is 0 Å². The van der Waals surface area contributed by atoms with Gasteiger partial charge in [-0.15, -0.1) is 11.3 Å². The molecule has 0 unspecified atom stereocenters. The molecule has 0 aliphatic heterocycles. The highest BCUT2D eigenvalue weighted by Crippen LogP contribution is 2.21. The van der Waals surface area contributed by atoms with Crippen LogP contribution in [0.15, 0.2) is 29.9 Å². The molecule has 0 fully saturated rings. The first-order valence-corrected chi connectivity index (χ1v) is 4.80. The summed E-state index contributed by atoms with van der Waals surface area (Å²) in [5.41, 5.74) is 7.59. The Hall–Kier alpha value is -0.940. The van der Waals surface area contributed by atoms with Crippen LogP contribution in [0.25, 0.3) is 11.3 Å². The van der Waals surface area contributed by atoms with Gasteiger partial charge in [0.15, 0.2) is 17.5 Å². The summed E-state index contributed by atoms with van der Waals surface area (Å²) in [6.45, 7) is 0. The van der Waals surface area contributed by atoms with Gasteiger partial charge in [-0.05, 0) is 6.07 Å². The number of aromatic nitrogens is 2. The number of nitrogen functional groups attached to an aromatic ring is 1. The number of anilines is 1. The number of halogens is 1. The fourth-order valence-corrected chi connectivity index (χ4v) is 1.73. The summed E-state index contributed by atoms with van der Waals surface area (Å²) in [6, 6.07) is 4.01. The second-order valence-electron chi connectivity index (χ2n) is 2.83. The van der Waals surface area contributed by atoms with Crippen LogP contribution in [0.4, 0.5) is 5.13 Å². The van der Waals surface area contributed by atoms with Gasteiger partial charge >= 0.3 is 0 Å². The predicted molar refractivity (Wildman–Crippen MR) is 53.1 cm³/mol. The van der Waals surface area contributed by atoms with Gasteiger partial charge in [0.25, 0.3) is 0 Å². The Morgan fingerprint density at radius 1 is 1.50 bits per heavy atom. The van der Waals surface area contributed by atoms with Crippen molar-refractivity contribution in [3.63, 3.8) is 0 Å². The summed E-state index contributed by atoms with van der Waals surface area (Å²) in [4.78, 5) is 4.20. The molecular weight excluding hydrogens is 262 g/mol. The second-order valence-corrected chi connectivity index (χ2v) is 3.72. The number of thiazole rings is 1. The van der Waals surface area contributed by atoms with E-state index in [9.17, 15) is 0 Å². The molecular formula is C9H10BrN3S. The van der Waals surface area contributed by atoms with Gasteiger partial charge in [0.1, 0.15) is 7.05 Å². The zero-order valence-electron chi connectivity index (χ0n) is 7.64. The number of hydrogen-bond acceptors (Lipinski definition) is 3. The maximum atomic E-state index is 5.55. The standard InChI is InChI=1S/C9H10N3S.BrH/c1-12-4-2-3-7(5-12)8-6-13-9(10)11-8;/h2-6H,1H3,(H2,10,11);1H/q+1;/p-1. The number of nitrogens with two attached hydrogens (primary N) is 1. The van der Waals surface area contributed by atoms with Crippen molar-refractivity contribution < 1.29 is 21.5 Å². The molecule has 14 heavy (non-hydrogen) atoms. The summed E-state index contributed by atoms with van der Waals surface area (Å²) in [7, 11) is 1.99. The highest BCUT2D eigenvalue weighted by Gasteiger charge is 2.04. The SMILES string of the molecule is C[n+]1cccc(-c2csc(N)n2)c1.[Br-]. The molecule has 74 valence electrons. The van der Waals surface area contributed by atoms with E-state index in [1.165, 1.54) is 11.3 Å². The Bertz CT molecular complexity index is 428. The molecule has 2 N–H and O–H groups in total. The van der Waals surface area contributed by atoms with Crippen LogP contribution < -0.4 is 27.3 Å². The highest BCUT2D eigenvalue weighted by molar-refractivity contribution is 7.13. The lowest BCUT2D eigenvalue weighted by atomic mass is 10.2. The van der Waals surface area contributed by atoms with E-state index >= 15 is 0 Å². The Labute approximate surface area is 97.0 Å². The molecule has 0 radical (unpaired) electrons. The molecule has 0 amide bonds. The first kappa shape index (κ1) is 11.1. The molecule has 0 aromatic carbocycles. The molecule has 0 saturated carbocycles. The maximum Gasteiger partial charge on any atom is 0.180 e. The summed E-state index contributed by atoms with van der Waals surface area (Å²) >= 11 is 1.46. The third kappa shape index (κ3) is 2.30. The molecule has 5 heteroatoms. The molecule has 2 aromatic heterocycles. The molecule has 0 saturated heterocycles. The minimum Gasteiger partial charge on any atom is -1.00 e. The molecule has 2 heterocycles. The van der Waals surface area contributed by atoms with Crippen molar-refractivity contribution in [1.29, 1.82) is 0 Å². The van der Waals surface area contributed by atoms with Crippen LogP contribution in [0.1, 0.15) is 0 Å². The minimum absolute atomic E-state index is 0. The number of nitrogens with zero attached hydrogens (tertiary/aromatic N) is 2. The number of pyridine rings is 1. The molecule has 2 aromatic rings. The van der Waals surface area contributed by atoms with Gasteiger partial charge in [-0.3, -0.25) is 0 Å². The molecule has 0 bridgehead atoms. The Morgan fingerprint density at radius 2 is 2.29 bits per heavy atom. The fraction of sp³-hybridized carbons (Fsp3) is 0.111. The predicted octanol–water partition coefficient (Wildman–Crippen LogP) is -1.78. The van der Waals surface area contributed by atoms with E-state index in [0.29, 0.717) is 5.13 Å². The number of aryl methyl sites for hydroxylation is 1.